The van der Waals surface area contributed by atoms with Crippen LogP contribution in [0.25, 0.3) is 0 Å². The summed E-state index contributed by atoms with van der Waals surface area (Å²) in [5.74, 6) is 0.874. The Labute approximate surface area is 95.5 Å². The summed E-state index contributed by atoms with van der Waals surface area (Å²) in [7, 11) is 0. The van der Waals surface area contributed by atoms with Crippen LogP contribution in [0, 0.1) is 0 Å². The minimum Gasteiger partial charge on any atom is -0.388 e. The van der Waals surface area contributed by atoms with Crippen molar-refractivity contribution in [1.82, 2.24) is 9.97 Å². The molecule has 82 valence electrons. The van der Waals surface area contributed by atoms with Crippen LogP contribution in [0.2, 0.25) is 0 Å². The summed E-state index contributed by atoms with van der Waals surface area (Å²) in [5, 5.41) is 0. The number of hydrogen-bond donors (Lipinski definition) is 1. The topological polar surface area (TPSA) is 55.0 Å². The fourth-order valence-electron chi connectivity index (χ4n) is 1.32. The van der Waals surface area contributed by atoms with E-state index < -0.39 is 0 Å². The van der Waals surface area contributed by atoms with E-state index in [0.29, 0.717) is 5.69 Å². The van der Waals surface area contributed by atoms with Gasteiger partial charge in [0.1, 0.15) is 16.5 Å². The zero-order chi connectivity index (χ0) is 11.3. The van der Waals surface area contributed by atoms with Gasteiger partial charge in [-0.3, -0.25) is 0 Å². The third-order valence-electron chi connectivity index (χ3n) is 2.09. The first kappa shape index (κ1) is 11.8. The summed E-state index contributed by atoms with van der Waals surface area (Å²) in [6.07, 6.45) is 4.43. The zero-order valence-corrected chi connectivity index (χ0v) is 9.92. The van der Waals surface area contributed by atoms with E-state index in [1.807, 2.05) is 0 Å². The number of thiocarbonyl (C=S) groups is 1. The first-order valence-electron chi connectivity index (χ1n) is 5.05. The fourth-order valence-corrected chi connectivity index (χ4v) is 1.42. The summed E-state index contributed by atoms with van der Waals surface area (Å²) < 4.78 is 0. The summed E-state index contributed by atoms with van der Waals surface area (Å²) in [6.45, 7) is 6.14. The molecular weight excluding hydrogens is 208 g/mol. The Kier molecular flexibility index (Phi) is 4.42. The van der Waals surface area contributed by atoms with Crippen LogP contribution in [0.3, 0.4) is 0 Å². The van der Waals surface area contributed by atoms with E-state index in [1.165, 1.54) is 0 Å². The second-order valence-electron chi connectivity index (χ2n) is 3.20. The molecule has 0 aromatic carbocycles. The summed E-state index contributed by atoms with van der Waals surface area (Å²) in [6, 6.07) is 0. The molecule has 0 fully saturated rings. The fraction of sp³-hybridized carbons (Fsp3) is 0.500. The van der Waals surface area contributed by atoms with Gasteiger partial charge in [-0.25, -0.2) is 9.97 Å². The first-order valence-corrected chi connectivity index (χ1v) is 5.46. The lowest BCUT2D eigenvalue weighted by Crippen LogP contribution is -2.25. The van der Waals surface area contributed by atoms with Gasteiger partial charge in [0.2, 0.25) is 0 Å². The number of hydrogen-bond acceptors (Lipinski definition) is 4. The molecule has 0 aliphatic rings. The van der Waals surface area contributed by atoms with Crippen LogP contribution in [0.1, 0.15) is 26.0 Å². The molecule has 0 unspecified atom stereocenters. The van der Waals surface area contributed by atoms with Gasteiger partial charge >= 0.3 is 0 Å². The maximum absolute atomic E-state index is 5.45. The molecule has 0 spiro atoms. The molecule has 0 atom stereocenters. The minimum absolute atomic E-state index is 0.285. The molecule has 0 aliphatic carbocycles. The average molecular weight is 224 g/mol. The lowest BCUT2D eigenvalue weighted by Gasteiger charge is -2.20. The highest BCUT2D eigenvalue weighted by molar-refractivity contribution is 7.80. The van der Waals surface area contributed by atoms with Crippen molar-refractivity contribution in [3.05, 3.63) is 18.1 Å². The summed E-state index contributed by atoms with van der Waals surface area (Å²) in [4.78, 5) is 10.9. The number of nitrogens with zero attached hydrogens (tertiary/aromatic N) is 3. The Bertz CT molecular complexity index is 323. The highest BCUT2D eigenvalue weighted by Crippen LogP contribution is 2.08. The van der Waals surface area contributed by atoms with E-state index >= 15 is 0 Å². The van der Waals surface area contributed by atoms with E-state index in [2.05, 4.69) is 28.7 Å². The highest BCUT2D eigenvalue weighted by Gasteiger charge is 2.05. The Balaban J connectivity index is 2.81. The van der Waals surface area contributed by atoms with Crippen molar-refractivity contribution in [3.8, 4) is 0 Å². The monoisotopic (exact) mass is 224 g/mol. The Morgan fingerprint density at radius 1 is 1.40 bits per heavy atom. The Morgan fingerprint density at radius 2 is 2.13 bits per heavy atom. The van der Waals surface area contributed by atoms with Gasteiger partial charge in [0, 0.05) is 13.1 Å². The molecule has 2 N–H and O–H groups in total. The van der Waals surface area contributed by atoms with Gasteiger partial charge in [0.25, 0.3) is 0 Å². The molecule has 4 nitrogen and oxygen atoms in total. The predicted octanol–water partition coefficient (Wildman–Crippen LogP) is 1.35. The van der Waals surface area contributed by atoms with Crippen molar-refractivity contribution in [2.75, 3.05) is 18.0 Å². The summed E-state index contributed by atoms with van der Waals surface area (Å²) >= 11 is 4.81. The third kappa shape index (κ3) is 3.13. The van der Waals surface area contributed by atoms with Crippen LogP contribution < -0.4 is 10.6 Å². The lowest BCUT2D eigenvalue weighted by atomic mass is 10.4. The molecule has 1 aromatic rings. The zero-order valence-electron chi connectivity index (χ0n) is 9.10. The van der Waals surface area contributed by atoms with Crippen molar-refractivity contribution in [2.45, 2.75) is 20.3 Å². The number of aromatic nitrogens is 2. The number of anilines is 1. The molecule has 1 rings (SSSR count). The molecule has 0 aliphatic heterocycles. The molecule has 0 radical (unpaired) electrons. The Morgan fingerprint density at radius 3 is 2.53 bits per heavy atom. The van der Waals surface area contributed by atoms with Crippen LogP contribution in [0.15, 0.2) is 12.4 Å². The largest absolute Gasteiger partial charge is 0.388 e. The molecule has 1 heterocycles. The predicted molar refractivity (Wildman–Crippen MR) is 66.1 cm³/mol. The van der Waals surface area contributed by atoms with Gasteiger partial charge in [-0.1, -0.05) is 19.1 Å². The third-order valence-corrected chi connectivity index (χ3v) is 2.30. The SMILES string of the molecule is CCCN(CC)c1cnc(C(N)=S)cn1. The second kappa shape index (κ2) is 5.60. The van der Waals surface area contributed by atoms with E-state index in [4.69, 9.17) is 18.0 Å². The number of rotatable bonds is 5. The van der Waals surface area contributed by atoms with Gasteiger partial charge in [-0.15, -0.1) is 0 Å². The summed E-state index contributed by atoms with van der Waals surface area (Å²) in [5.41, 5.74) is 6.02. The van der Waals surface area contributed by atoms with Crippen LogP contribution in [0.4, 0.5) is 5.82 Å². The molecule has 15 heavy (non-hydrogen) atoms. The van der Waals surface area contributed by atoms with Gasteiger partial charge in [-0.05, 0) is 13.3 Å². The average Bonchev–Trinajstić information content (AvgIpc) is 2.26. The highest BCUT2D eigenvalue weighted by atomic mass is 32.1. The first-order chi connectivity index (χ1) is 7.19. The van der Waals surface area contributed by atoms with E-state index in [1.54, 1.807) is 12.4 Å². The maximum Gasteiger partial charge on any atom is 0.147 e. The molecular formula is C10H16N4S. The van der Waals surface area contributed by atoms with Crippen LogP contribution >= 0.6 is 12.2 Å². The standard InChI is InChI=1S/C10H16N4S/c1-3-5-14(4-2)9-7-12-8(6-13-9)10(11)15/h6-7H,3-5H2,1-2H3,(H2,11,15). The molecule has 0 amide bonds. The molecule has 0 saturated carbocycles. The van der Waals surface area contributed by atoms with E-state index in [0.717, 1.165) is 25.3 Å². The molecule has 0 bridgehead atoms. The minimum atomic E-state index is 0.285. The molecule has 1 aromatic heterocycles. The Hall–Kier alpha value is -1.23. The van der Waals surface area contributed by atoms with Gasteiger partial charge in [0.05, 0.1) is 12.4 Å². The normalized spacial score (nSPS) is 10.0. The van der Waals surface area contributed by atoms with Gasteiger partial charge in [-0.2, -0.15) is 0 Å². The van der Waals surface area contributed by atoms with E-state index in [-0.39, 0.29) is 4.99 Å². The molecule has 0 saturated heterocycles. The second-order valence-corrected chi connectivity index (χ2v) is 3.64. The van der Waals surface area contributed by atoms with Crippen LogP contribution in [0.5, 0.6) is 0 Å². The van der Waals surface area contributed by atoms with Crippen molar-refractivity contribution >= 4 is 23.0 Å². The van der Waals surface area contributed by atoms with Gasteiger partial charge < -0.3 is 10.6 Å². The van der Waals surface area contributed by atoms with Gasteiger partial charge in [0.15, 0.2) is 0 Å². The van der Waals surface area contributed by atoms with Crippen molar-refractivity contribution < 1.29 is 0 Å². The maximum atomic E-state index is 5.45. The smallest absolute Gasteiger partial charge is 0.147 e. The van der Waals surface area contributed by atoms with Crippen LogP contribution in [-0.4, -0.2) is 28.0 Å². The van der Waals surface area contributed by atoms with Crippen molar-refractivity contribution in [3.63, 3.8) is 0 Å². The van der Waals surface area contributed by atoms with Crippen molar-refractivity contribution in [2.24, 2.45) is 5.73 Å². The number of nitrogens with two attached hydrogens (primary N) is 1. The van der Waals surface area contributed by atoms with Crippen molar-refractivity contribution in [1.29, 1.82) is 0 Å². The van der Waals surface area contributed by atoms with Crippen LogP contribution in [-0.2, 0) is 0 Å². The lowest BCUT2D eigenvalue weighted by molar-refractivity contribution is 0.775. The van der Waals surface area contributed by atoms with E-state index in [9.17, 15) is 0 Å². The molecule has 5 heteroatoms. The quantitative estimate of drug-likeness (QED) is 0.765.